The van der Waals surface area contributed by atoms with Crippen molar-refractivity contribution in [3.63, 3.8) is 0 Å². The largest absolute Gasteiger partial charge is 0.459 e. The number of H-pyrrole nitrogens is 1. The maximum absolute atomic E-state index is 12.2. The molecule has 0 aromatic carbocycles. The zero-order chi connectivity index (χ0) is 23.9. The van der Waals surface area contributed by atoms with E-state index in [-0.39, 0.29) is 19.4 Å². The molecule has 3 atom stereocenters. The van der Waals surface area contributed by atoms with E-state index in [2.05, 4.69) is 10.3 Å². The molecule has 0 radical (unpaired) electrons. The monoisotopic (exact) mass is 567 g/mol. The number of amides is 1. The third-order valence-corrected chi connectivity index (χ3v) is 5.37. The van der Waals surface area contributed by atoms with Crippen molar-refractivity contribution in [3.05, 3.63) is 30.6 Å². The topological polar surface area (TPSA) is 149 Å². The Morgan fingerprint density at radius 3 is 2.69 bits per heavy atom. The predicted molar refractivity (Wildman–Crippen MR) is 122 cm³/mol. The molecule has 0 unspecified atom stereocenters. The minimum absolute atomic E-state index is 0.179. The Bertz CT molecular complexity index is 907. The first-order valence-electron chi connectivity index (χ1n) is 10.4. The van der Waals surface area contributed by atoms with Gasteiger partial charge < -0.3 is 24.6 Å². The molecule has 0 bridgehead atoms. The van der Waals surface area contributed by atoms with E-state index >= 15 is 0 Å². The average Bonchev–Trinajstić information content (AvgIpc) is 3.08. The van der Waals surface area contributed by atoms with E-state index in [0.717, 1.165) is 0 Å². The molecule has 1 fully saturated rings. The number of aliphatic hydroxyl groups excluding tert-OH is 1. The first-order valence-corrected chi connectivity index (χ1v) is 11.5. The van der Waals surface area contributed by atoms with Crippen LogP contribution in [0.4, 0.5) is 4.79 Å². The molecule has 12 heteroatoms. The van der Waals surface area contributed by atoms with Crippen molar-refractivity contribution in [2.75, 3.05) is 13.2 Å². The number of carbonyl (C=O) groups is 2. The summed E-state index contributed by atoms with van der Waals surface area (Å²) >= 11 is 1.80. The van der Waals surface area contributed by atoms with Crippen LogP contribution in [0.15, 0.2) is 15.8 Å². The number of hydrogen-bond acceptors (Lipinski definition) is 8. The molecule has 11 nitrogen and oxygen atoms in total. The second-order valence-electron chi connectivity index (χ2n) is 8.46. The normalized spacial score (nSPS) is 20.7. The Balaban J connectivity index is 1.74. The minimum atomic E-state index is -0.765. The number of esters is 1. The highest BCUT2D eigenvalue weighted by Crippen LogP contribution is 2.30. The fraction of sp³-hybridized carbons (Fsp3) is 0.700. The molecule has 1 aliphatic heterocycles. The van der Waals surface area contributed by atoms with Crippen molar-refractivity contribution in [2.24, 2.45) is 0 Å². The van der Waals surface area contributed by atoms with Crippen LogP contribution in [-0.4, -0.2) is 57.7 Å². The van der Waals surface area contributed by atoms with E-state index in [9.17, 15) is 24.3 Å². The summed E-state index contributed by atoms with van der Waals surface area (Å²) in [5, 5.41) is 12.2. The van der Waals surface area contributed by atoms with Gasteiger partial charge in [-0.3, -0.25) is 19.1 Å². The number of aromatic nitrogens is 2. The fourth-order valence-corrected chi connectivity index (χ4v) is 3.57. The number of carbonyl (C=O) groups excluding carboxylic acids is 2. The van der Waals surface area contributed by atoms with Crippen molar-refractivity contribution < 1.29 is 28.9 Å². The average molecular weight is 567 g/mol. The lowest BCUT2D eigenvalue weighted by Crippen LogP contribution is -2.33. The van der Waals surface area contributed by atoms with Crippen molar-refractivity contribution in [3.8, 4) is 0 Å². The summed E-state index contributed by atoms with van der Waals surface area (Å²) in [6.07, 6.45) is 1.00. The van der Waals surface area contributed by atoms with Gasteiger partial charge in [0.25, 0.3) is 5.56 Å². The Hall–Kier alpha value is -1.93. The highest BCUT2D eigenvalue weighted by atomic mass is 127. The summed E-state index contributed by atoms with van der Waals surface area (Å²) in [6.45, 7) is 5.44. The minimum Gasteiger partial charge on any atom is -0.459 e. The summed E-state index contributed by atoms with van der Waals surface area (Å²) in [5.74, 6) is -0.429. The van der Waals surface area contributed by atoms with Crippen LogP contribution < -0.4 is 16.6 Å². The van der Waals surface area contributed by atoms with Gasteiger partial charge in [0, 0.05) is 25.6 Å². The maximum atomic E-state index is 12.2. The van der Waals surface area contributed by atoms with Crippen molar-refractivity contribution in [2.45, 2.75) is 76.9 Å². The van der Waals surface area contributed by atoms with Crippen LogP contribution in [0.1, 0.15) is 59.1 Å². The summed E-state index contributed by atoms with van der Waals surface area (Å²) < 4.78 is 17.8. The SMILES string of the molecule is CC(C)(C)OC(=O)NCCCCCC(=O)O[C@H]1C[C@H](n2cc(I)c(=O)[nH]c2=O)O[C@@H]1CO. The van der Waals surface area contributed by atoms with E-state index in [4.69, 9.17) is 14.2 Å². The van der Waals surface area contributed by atoms with Crippen LogP contribution in [0.5, 0.6) is 0 Å². The Morgan fingerprint density at radius 2 is 2.03 bits per heavy atom. The standard InChI is InChI=1S/C20H30IN3O8/c1-20(2,3)32-19(29)22-8-6-4-5-7-16(26)31-13-9-15(30-14(13)11-25)24-10-12(21)17(27)23-18(24)28/h10,13-15,25H,4-9,11H2,1-3H3,(H,22,29)(H,23,27,28)/t13-,14+,15+/m0/s1. The number of aromatic amines is 1. The summed E-state index contributed by atoms with van der Waals surface area (Å²) in [6, 6.07) is 0. The predicted octanol–water partition coefficient (Wildman–Crippen LogP) is 1.42. The number of alkyl carbamates (subject to hydrolysis) is 1. The second-order valence-corrected chi connectivity index (χ2v) is 9.62. The van der Waals surface area contributed by atoms with Gasteiger partial charge in [0.2, 0.25) is 0 Å². The Kier molecular flexibility index (Phi) is 9.70. The van der Waals surface area contributed by atoms with Crippen LogP contribution in [0.3, 0.4) is 0 Å². The number of nitrogens with one attached hydrogen (secondary N) is 2. The lowest BCUT2D eigenvalue weighted by molar-refractivity contribution is -0.153. The van der Waals surface area contributed by atoms with Gasteiger partial charge in [-0.15, -0.1) is 0 Å². The van der Waals surface area contributed by atoms with Gasteiger partial charge in [-0.2, -0.15) is 0 Å². The molecule has 1 aromatic heterocycles. The molecule has 32 heavy (non-hydrogen) atoms. The van der Waals surface area contributed by atoms with E-state index in [1.54, 1.807) is 43.4 Å². The van der Waals surface area contributed by atoms with Crippen LogP contribution in [-0.2, 0) is 19.0 Å². The van der Waals surface area contributed by atoms with Gasteiger partial charge >= 0.3 is 17.8 Å². The molecular weight excluding hydrogens is 537 g/mol. The molecule has 2 heterocycles. The number of ether oxygens (including phenoxy) is 3. The molecule has 0 spiro atoms. The molecule has 3 N–H and O–H groups in total. The molecular formula is C20H30IN3O8. The molecule has 0 saturated carbocycles. The molecule has 1 amide bonds. The lowest BCUT2D eigenvalue weighted by atomic mass is 10.1. The van der Waals surface area contributed by atoms with E-state index < -0.39 is 47.3 Å². The number of rotatable bonds is 9. The third kappa shape index (κ3) is 8.20. The number of hydrogen-bond donors (Lipinski definition) is 3. The zero-order valence-electron chi connectivity index (χ0n) is 18.4. The first-order chi connectivity index (χ1) is 15.0. The van der Waals surface area contributed by atoms with Crippen molar-refractivity contribution in [1.82, 2.24) is 14.9 Å². The van der Waals surface area contributed by atoms with Gasteiger partial charge in [-0.1, -0.05) is 6.42 Å². The maximum Gasteiger partial charge on any atom is 0.407 e. The summed E-state index contributed by atoms with van der Waals surface area (Å²) in [5.41, 5.74) is -1.68. The smallest absolute Gasteiger partial charge is 0.407 e. The van der Waals surface area contributed by atoms with E-state index in [1.807, 2.05) is 0 Å². The molecule has 2 rings (SSSR count). The number of nitrogens with zero attached hydrogens (tertiary/aromatic N) is 1. The van der Waals surface area contributed by atoms with E-state index in [0.29, 0.717) is 29.4 Å². The number of unbranched alkanes of at least 4 members (excludes halogenated alkanes) is 2. The molecule has 1 aromatic rings. The highest BCUT2D eigenvalue weighted by Gasteiger charge is 2.39. The van der Waals surface area contributed by atoms with E-state index in [1.165, 1.54) is 10.8 Å². The third-order valence-electron chi connectivity index (χ3n) is 4.60. The van der Waals surface area contributed by atoms with Crippen LogP contribution in [0.2, 0.25) is 0 Å². The van der Waals surface area contributed by atoms with Gasteiger partial charge in [0.05, 0.1) is 10.2 Å². The molecule has 180 valence electrons. The van der Waals surface area contributed by atoms with Gasteiger partial charge in [-0.05, 0) is 56.2 Å². The Morgan fingerprint density at radius 1 is 1.31 bits per heavy atom. The molecule has 0 aliphatic carbocycles. The van der Waals surface area contributed by atoms with Crippen LogP contribution in [0.25, 0.3) is 0 Å². The van der Waals surface area contributed by atoms with Gasteiger partial charge in [0.15, 0.2) is 0 Å². The Labute approximate surface area is 199 Å². The van der Waals surface area contributed by atoms with Crippen LogP contribution in [0, 0.1) is 3.57 Å². The zero-order valence-corrected chi connectivity index (χ0v) is 20.5. The van der Waals surface area contributed by atoms with Crippen LogP contribution >= 0.6 is 22.6 Å². The lowest BCUT2D eigenvalue weighted by Gasteiger charge is -2.19. The molecule has 1 saturated heterocycles. The summed E-state index contributed by atoms with van der Waals surface area (Å²) in [4.78, 5) is 49.6. The number of aliphatic hydroxyl groups is 1. The fourth-order valence-electron chi connectivity index (χ4n) is 3.14. The molecule has 1 aliphatic rings. The first kappa shape index (κ1) is 26.3. The van der Waals surface area contributed by atoms with Crippen molar-refractivity contribution >= 4 is 34.7 Å². The van der Waals surface area contributed by atoms with Gasteiger partial charge in [-0.25, -0.2) is 9.59 Å². The van der Waals surface area contributed by atoms with Gasteiger partial charge in [0.1, 0.15) is 24.0 Å². The summed E-state index contributed by atoms with van der Waals surface area (Å²) in [7, 11) is 0. The highest BCUT2D eigenvalue weighted by molar-refractivity contribution is 14.1. The van der Waals surface area contributed by atoms with Crippen molar-refractivity contribution in [1.29, 1.82) is 0 Å². The second kappa shape index (κ2) is 11.8. The quantitative estimate of drug-likeness (QED) is 0.231. The number of halogens is 1.